The molecule has 0 unspecified atom stereocenters. The number of nitrogens with zero attached hydrogens (tertiary/aromatic N) is 5. The van der Waals surface area contributed by atoms with Gasteiger partial charge in [0.25, 0.3) is 0 Å². The fourth-order valence-corrected chi connectivity index (χ4v) is 3.27. The van der Waals surface area contributed by atoms with Crippen molar-refractivity contribution in [2.75, 3.05) is 31.1 Å². The van der Waals surface area contributed by atoms with Crippen molar-refractivity contribution >= 4 is 11.7 Å². The highest BCUT2D eigenvalue weighted by atomic mass is 16.2. The summed E-state index contributed by atoms with van der Waals surface area (Å²) in [4.78, 5) is 30.0. The van der Waals surface area contributed by atoms with Crippen LogP contribution in [0.15, 0.2) is 30.5 Å². The second-order valence-corrected chi connectivity index (χ2v) is 6.66. The lowest BCUT2D eigenvalue weighted by Crippen LogP contribution is -2.49. The van der Waals surface area contributed by atoms with E-state index in [-0.39, 0.29) is 5.91 Å². The van der Waals surface area contributed by atoms with Crippen LogP contribution in [0.3, 0.4) is 0 Å². The van der Waals surface area contributed by atoms with Crippen molar-refractivity contribution in [3.05, 3.63) is 47.7 Å². The minimum Gasteiger partial charge on any atom is -0.353 e. The van der Waals surface area contributed by atoms with Crippen molar-refractivity contribution in [3.8, 4) is 0 Å². The van der Waals surface area contributed by atoms with Gasteiger partial charge in [0.2, 0.25) is 5.91 Å². The van der Waals surface area contributed by atoms with Crippen molar-refractivity contribution in [2.24, 2.45) is 0 Å². The number of hydrogen-bond acceptors (Lipinski definition) is 5. The minimum atomic E-state index is 0.244. The lowest BCUT2D eigenvalue weighted by Gasteiger charge is -2.35. The summed E-state index contributed by atoms with van der Waals surface area (Å²) >= 11 is 0. The molecule has 0 aliphatic carbocycles. The van der Waals surface area contributed by atoms with E-state index in [4.69, 9.17) is 0 Å². The zero-order chi connectivity index (χ0) is 18.4. The first-order valence-corrected chi connectivity index (χ1v) is 9.43. The van der Waals surface area contributed by atoms with Gasteiger partial charge in [0.15, 0.2) is 0 Å². The van der Waals surface area contributed by atoms with E-state index in [1.54, 1.807) is 6.20 Å². The first-order chi connectivity index (χ1) is 12.7. The monoisotopic (exact) mass is 353 g/mol. The van der Waals surface area contributed by atoms with Gasteiger partial charge in [0, 0.05) is 56.3 Å². The molecular weight excluding hydrogens is 326 g/mol. The van der Waals surface area contributed by atoms with Crippen LogP contribution < -0.4 is 4.90 Å². The first-order valence-electron chi connectivity index (χ1n) is 9.43. The molecule has 0 spiro atoms. The number of aromatic nitrogens is 3. The standard InChI is InChI=1S/C20H27N5O/c1-3-17-15-19(23-16(2)22-17)24-11-13-25(14-12-24)20(26)9-6-8-18-7-4-5-10-21-18/h4-5,7,10,15H,3,6,8-9,11-14H2,1-2H3. The SMILES string of the molecule is CCc1cc(N2CCN(C(=O)CCCc3ccccn3)CC2)nc(C)n1. The zero-order valence-electron chi connectivity index (χ0n) is 15.7. The molecule has 0 radical (unpaired) electrons. The molecule has 0 saturated carbocycles. The second-order valence-electron chi connectivity index (χ2n) is 6.66. The molecule has 1 fully saturated rings. The summed E-state index contributed by atoms with van der Waals surface area (Å²) in [6, 6.07) is 7.98. The van der Waals surface area contributed by atoms with E-state index < -0.39 is 0 Å². The highest BCUT2D eigenvalue weighted by Gasteiger charge is 2.22. The number of anilines is 1. The number of hydrogen-bond donors (Lipinski definition) is 0. The second kappa shape index (κ2) is 8.74. The Kier molecular flexibility index (Phi) is 6.15. The summed E-state index contributed by atoms with van der Waals surface area (Å²) in [6.07, 6.45) is 5.00. The van der Waals surface area contributed by atoms with Crippen molar-refractivity contribution < 1.29 is 4.79 Å². The van der Waals surface area contributed by atoms with Crippen LogP contribution in [0.1, 0.15) is 37.0 Å². The number of amides is 1. The Morgan fingerprint density at radius 2 is 1.92 bits per heavy atom. The maximum Gasteiger partial charge on any atom is 0.222 e. The molecule has 1 aliphatic heterocycles. The molecule has 138 valence electrons. The number of aryl methyl sites for hydroxylation is 3. The van der Waals surface area contributed by atoms with Gasteiger partial charge in [-0.15, -0.1) is 0 Å². The van der Waals surface area contributed by atoms with Crippen molar-refractivity contribution in [2.45, 2.75) is 39.5 Å². The number of rotatable bonds is 6. The molecule has 26 heavy (non-hydrogen) atoms. The highest BCUT2D eigenvalue weighted by Crippen LogP contribution is 2.16. The van der Waals surface area contributed by atoms with Crippen LogP contribution in [0.5, 0.6) is 0 Å². The lowest BCUT2D eigenvalue weighted by molar-refractivity contribution is -0.131. The van der Waals surface area contributed by atoms with Gasteiger partial charge < -0.3 is 9.80 Å². The molecule has 0 aromatic carbocycles. The number of piperazine rings is 1. The van der Waals surface area contributed by atoms with E-state index in [9.17, 15) is 4.79 Å². The van der Waals surface area contributed by atoms with Gasteiger partial charge in [-0.3, -0.25) is 9.78 Å². The summed E-state index contributed by atoms with van der Waals surface area (Å²) in [5.41, 5.74) is 2.12. The third kappa shape index (κ3) is 4.77. The Morgan fingerprint density at radius 1 is 1.12 bits per heavy atom. The van der Waals surface area contributed by atoms with Gasteiger partial charge in [-0.25, -0.2) is 9.97 Å². The Morgan fingerprint density at radius 3 is 2.62 bits per heavy atom. The minimum absolute atomic E-state index is 0.244. The number of carbonyl (C=O) groups excluding carboxylic acids is 1. The molecule has 0 atom stereocenters. The Labute approximate surface area is 155 Å². The predicted octanol–water partition coefficient (Wildman–Crippen LogP) is 2.41. The summed E-state index contributed by atoms with van der Waals surface area (Å²) < 4.78 is 0. The maximum atomic E-state index is 12.4. The zero-order valence-corrected chi connectivity index (χ0v) is 15.7. The van der Waals surface area contributed by atoms with Gasteiger partial charge in [0.1, 0.15) is 11.6 Å². The fourth-order valence-electron chi connectivity index (χ4n) is 3.27. The normalized spacial score (nSPS) is 14.5. The average molecular weight is 353 g/mol. The molecule has 1 amide bonds. The molecule has 1 saturated heterocycles. The molecule has 6 nitrogen and oxygen atoms in total. The maximum absolute atomic E-state index is 12.4. The molecule has 3 heterocycles. The summed E-state index contributed by atoms with van der Waals surface area (Å²) in [7, 11) is 0. The summed E-state index contributed by atoms with van der Waals surface area (Å²) in [5, 5.41) is 0. The van der Waals surface area contributed by atoms with Crippen LogP contribution in [0.2, 0.25) is 0 Å². The lowest BCUT2D eigenvalue weighted by atomic mass is 10.1. The van der Waals surface area contributed by atoms with E-state index >= 15 is 0 Å². The van der Waals surface area contributed by atoms with Crippen LogP contribution in [0, 0.1) is 6.92 Å². The Bertz CT molecular complexity index is 726. The van der Waals surface area contributed by atoms with Crippen LogP contribution in [0.25, 0.3) is 0 Å². The van der Waals surface area contributed by atoms with Crippen LogP contribution in [-0.2, 0) is 17.6 Å². The quantitative estimate of drug-likeness (QED) is 0.798. The number of pyridine rings is 1. The number of carbonyl (C=O) groups is 1. The molecule has 1 aliphatic rings. The molecule has 0 bridgehead atoms. The van der Waals surface area contributed by atoms with Crippen molar-refractivity contribution in [1.29, 1.82) is 0 Å². The molecule has 2 aromatic rings. The first kappa shape index (κ1) is 18.3. The molecular formula is C20H27N5O. The van der Waals surface area contributed by atoms with E-state index in [1.165, 1.54) is 0 Å². The third-order valence-corrected chi connectivity index (χ3v) is 4.75. The fraction of sp³-hybridized carbons (Fsp3) is 0.500. The largest absolute Gasteiger partial charge is 0.353 e. The third-order valence-electron chi connectivity index (χ3n) is 4.75. The van der Waals surface area contributed by atoms with Gasteiger partial charge in [0.05, 0.1) is 0 Å². The van der Waals surface area contributed by atoms with E-state index in [0.29, 0.717) is 6.42 Å². The van der Waals surface area contributed by atoms with E-state index in [1.807, 2.05) is 30.0 Å². The summed E-state index contributed by atoms with van der Waals surface area (Å²) in [5.74, 6) is 2.04. The van der Waals surface area contributed by atoms with Gasteiger partial charge in [-0.1, -0.05) is 13.0 Å². The highest BCUT2D eigenvalue weighted by molar-refractivity contribution is 5.76. The molecule has 6 heteroatoms. The molecule has 0 N–H and O–H groups in total. The smallest absolute Gasteiger partial charge is 0.222 e. The topological polar surface area (TPSA) is 62.2 Å². The predicted molar refractivity (Wildman–Crippen MR) is 102 cm³/mol. The van der Waals surface area contributed by atoms with Gasteiger partial charge in [-0.2, -0.15) is 0 Å². The van der Waals surface area contributed by atoms with Gasteiger partial charge in [-0.05, 0) is 38.3 Å². The van der Waals surface area contributed by atoms with E-state index in [0.717, 1.165) is 68.5 Å². The Balaban J connectivity index is 1.47. The van der Waals surface area contributed by atoms with Crippen LogP contribution in [-0.4, -0.2) is 51.9 Å². The van der Waals surface area contributed by atoms with Crippen LogP contribution >= 0.6 is 0 Å². The molecule has 2 aromatic heterocycles. The molecule has 3 rings (SSSR count). The van der Waals surface area contributed by atoms with E-state index in [2.05, 4.69) is 32.8 Å². The Hall–Kier alpha value is -2.50. The van der Waals surface area contributed by atoms with Crippen LogP contribution in [0.4, 0.5) is 5.82 Å². The van der Waals surface area contributed by atoms with Crippen molar-refractivity contribution in [1.82, 2.24) is 19.9 Å². The average Bonchev–Trinajstić information content (AvgIpc) is 2.68. The van der Waals surface area contributed by atoms with Gasteiger partial charge >= 0.3 is 0 Å². The summed E-state index contributed by atoms with van der Waals surface area (Å²) in [6.45, 7) is 7.20. The van der Waals surface area contributed by atoms with Crippen molar-refractivity contribution in [3.63, 3.8) is 0 Å².